The van der Waals surface area contributed by atoms with E-state index in [4.69, 9.17) is 14.2 Å². The molecule has 26 heavy (non-hydrogen) atoms. The molecule has 5 heteroatoms. The molecule has 0 spiro atoms. The number of likely N-dealkylation sites (tertiary alicyclic amines) is 1. The first-order valence-corrected chi connectivity index (χ1v) is 8.86. The van der Waals surface area contributed by atoms with E-state index >= 15 is 0 Å². The van der Waals surface area contributed by atoms with Crippen LogP contribution < -0.4 is 4.74 Å². The molecule has 0 aliphatic carbocycles. The summed E-state index contributed by atoms with van der Waals surface area (Å²) in [5, 5.41) is 0. The second-order valence-electron chi connectivity index (χ2n) is 7.10. The molecule has 0 bridgehead atoms. The number of fused-ring (bicyclic) bond motifs is 3. The average molecular weight is 353 g/mol. The summed E-state index contributed by atoms with van der Waals surface area (Å²) >= 11 is 0. The van der Waals surface area contributed by atoms with Crippen LogP contribution in [-0.4, -0.2) is 36.8 Å². The standard InChI is InChI=1S/C21H23NO4/c1-21-14-22(20(23)24-2)11-18(21)16-9-6-10-19(17(16)13-26-21)25-12-15-7-4-3-5-8-15/h3-10,18H,11-14H2,1-2H3/t18-,21?/m1/s1. The SMILES string of the molecule is COC(=O)N1C[C@@H]2c3cccc(OCc4ccccc4)c3COC2(C)C1. The molecule has 1 fully saturated rings. The van der Waals surface area contributed by atoms with Crippen LogP contribution in [0.4, 0.5) is 4.79 Å². The van der Waals surface area contributed by atoms with Crippen molar-refractivity contribution in [2.45, 2.75) is 31.7 Å². The van der Waals surface area contributed by atoms with Gasteiger partial charge in [0.05, 0.1) is 25.9 Å². The van der Waals surface area contributed by atoms with Crippen molar-refractivity contribution in [2.24, 2.45) is 0 Å². The number of carbonyl (C=O) groups excluding carboxylic acids is 1. The van der Waals surface area contributed by atoms with E-state index in [-0.39, 0.29) is 17.6 Å². The Morgan fingerprint density at radius 3 is 2.81 bits per heavy atom. The number of rotatable bonds is 3. The lowest BCUT2D eigenvalue weighted by atomic mass is 9.81. The molecule has 2 atom stereocenters. The Hall–Kier alpha value is -2.53. The highest BCUT2D eigenvalue weighted by Crippen LogP contribution is 2.46. The van der Waals surface area contributed by atoms with Crippen LogP contribution in [0.5, 0.6) is 5.75 Å². The van der Waals surface area contributed by atoms with E-state index < -0.39 is 0 Å². The third-order valence-electron chi connectivity index (χ3n) is 5.41. The second-order valence-corrected chi connectivity index (χ2v) is 7.10. The highest BCUT2D eigenvalue weighted by Gasteiger charge is 2.50. The van der Waals surface area contributed by atoms with Gasteiger partial charge in [-0.25, -0.2) is 4.79 Å². The van der Waals surface area contributed by atoms with Crippen molar-refractivity contribution in [3.05, 3.63) is 65.2 Å². The van der Waals surface area contributed by atoms with Crippen molar-refractivity contribution < 1.29 is 19.0 Å². The van der Waals surface area contributed by atoms with Crippen molar-refractivity contribution in [1.82, 2.24) is 4.90 Å². The summed E-state index contributed by atoms with van der Waals surface area (Å²) in [6.45, 7) is 4.22. The minimum absolute atomic E-state index is 0.116. The van der Waals surface area contributed by atoms with Gasteiger partial charge in [0, 0.05) is 18.0 Å². The van der Waals surface area contributed by atoms with Crippen molar-refractivity contribution in [1.29, 1.82) is 0 Å². The predicted molar refractivity (Wildman–Crippen MR) is 97.1 cm³/mol. The van der Waals surface area contributed by atoms with Crippen molar-refractivity contribution in [3.8, 4) is 5.75 Å². The number of amides is 1. The van der Waals surface area contributed by atoms with E-state index in [0.29, 0.717) is 26.3 Å². The third-order valence-corrected chi connectivity index (χ3v) is 5.41. The van der Waals surface area contributed by atoms with Gasteiger partial charge in [-0.2, -0.15) is 0 Å². The Kier molecular flexibility index (Phi) is 4.32. The lowest BCUT2D eigenvalue weighted by Crippen LogP contribution is -2.40. The molecule has 0 radical (unpaired) electrons. The van der Waals surface area contributed by atoms with Crippen LogP contribution in [0.3, 0.4) is 0 Å². The van der Waals surface area contributed by atoms with Gasteiger partial charge in [-0.3, -0.25) is 0 Å². The first kappa shape index (κ1) is 16.9. The second kappa shape index (κ2) is 6.65. The summed E-state index contributed by atoms with van der Waals surface area (Å²) in [6, 6.07) is 16.2. The molecule has 2 heterocycles. The van der Waals surface area contributed by atoms with Gasteiger partial charge in [0.2, 0.25) is 0 Å². The Balaban J connectivity index is 1.58. The Morgan fingerprint density at radius 2 is 2.04 bits per heavy atom. The van der Waals surface area contributed by atoms with Gasteiger partial charge in [-0.15, -0.1) is 0 Å². The summed E-state index contributed by atoms with van der Waals surface area (Å²) in [5.74, 6) is 0.968. The molecule has 0 saturated carbocycles. The Labute approximate surface area is 153 Å². The minimum Gasteiger partial charge on any atom is -0.489 e. The highest BCUT2D eigenvalue weighted by molar-refractivity contribution is 5.68. The third kappa shape index (κ3) is 2.92. The molecule has 1 saturated heterocycles. The Bertz CT molecular complexity index is 807. The summed E-state index contributed by atoms with van der Waals surface area (Å²) in [4.78, 5) is 13.7. The molecule has 1 amide bonds. The maximum atomic E-state index is 12.0. The van der Waals surface area contributed by atoms with Crippen LogP contribution in [0.2, 0.25) is 0 Å². The maximum Gasteiger partial charge on any atom is 0.409 e. The molecule has 2 aromatic rings. The van der Waals surface area contributed by atoms with Gasteiger partial charge < -0.3 is 19.1 Å². The molecule has 0 aromatic heterocycles. The van der Waals surface area contributed by atoms with E-state index in [1.54, 1.807) is 4.90 Å². The number of methoxy groups -OCH3 is 1. The van der Waals surface area contributed by atoms with Crippen molar-refractivity contribution >= 4 is 6.09 Å². The molecule has 2 aliphatic heterocycles. The van der Waals surface area contributed by atoms with Crippen LogP contribution in [-0.2, 0) is 22.7 Å². The zero-order valence-corrected chi connectivity index (χ0v) is 15.1. The van der Waals surface area contributed by atoms with Gasteiger partial charge in [0.1, 0.15) is 12.4 Å². The van der Waals surface area contributed by atoms with Crippen molar-refractivity contribution in [2.75, 3.05) is 20.2 Å². The fourth-order valence-electron chi connectivity index (χ4n) is 3.98. The van der Waals surface area contributed by atoms with Crippen LogP contribution in [0, 0.1) is 0 Å². The minimum atomic E-state index is -0.390. The van der Waals surface area contributed by atoms with Gasteiger partial charge in [-0.1, -0.05) is 42.5 Å². The van der Waals surface area contributed by atoms with E-state index in [1.165, 1.54) is 12.7 Å². The number of benzene rings is 2. The summed E-state index contributed by atoms with van der Waals surface area (Å²) in [6.07, 6.45) is -0.303. The van der Waals surface area contributed by atoms with Crippen molar-refractivity contribution in [3.63, 3.8) is 0 Å². The first-order valence-electron chi connectivity index (χ1n) is 8.86. The van der Waals surface area contributed by atoms with E-state index in [1.807, 2.05) is 42.5 Å². The monoisotopic (exact) mass is 353 g/mol. The topological polar surface area (TPSA) is 48.0 Å². The zero-order valence-electron chi connectivity index (χ0n) is 15.1. The van der Waals surface area contributed by atoms with E-state index in [2.05, 4.69) is 13.0 Å². The van der Waals surface area contributed by atoms with E-state index in [0.717, 1.165) is 16.9 Å². The maximum absolute atomic E-state index is 12.0. The van der Waals surface area contributed by atoms with Gasteiger partial charge >= 0.3 is 6.09 Å². The molecular weight excluding hydrogens is 330 g/mol. The zero-order chi connectivity index (χ0) is 18.1. The predicted octanol–water partition coefficient (Wildman–Crippen LogP) is 3.72. The number of hydrogen-bond acceptors (Lipinski definition) is 4. The number of nitrogens with zero attached hydrogens (tertiary/aromatic N) is 1. The van der Waals surface area contributed by atoms with Crippen LogP contribution in [0.1, 0.15) is 29.5 Å². The summed E-state index contributed by atoms with van der Waals surface area (Å²) in [7, 11) is 1.41. The molecule has 136 valence electrons. The molecular formula is C21H23NO4. The fraction of sp³-hybridized carbons (Fsp3) is 0.381. The molecule has 4 rings (SSSR count). The fourth-order valence-corrected chi connectivity index (χ4v) is 3.98. The van der Waals surface area contributed by atoms with Gasteiger partial charge in [0.15, 0.2) is 0 Å². The molecule has 2 aromatic carbocycles. The van der Waals surface area contributed by atoms with Gasteiger partial charge in [-0.05, 0) is 24.1 Å². The van der Waals surface area contributed by atoms with Crippen LogP contribution >= 0.6 is 0 Å². The molecule has 2 aliphatic rings. The quantitative estimate of drug-likeness (QED) is 0.844. The van der Waals surface area contributed by atoms with E-state index in [9.17, 15) is 4.79 Å². The highest BCUT2D eigenvalue weighted by atomic mass is 16.5. The number of ether oxygens (including phenoxy) is 3. The Morgan fingerprint density at radius 1 is 1.23 bits per heavy atom. The lowest BCUT2D eigenvalue weighted by Gasteiger charge is -2.37. The number of hydrogen-bond donors (Lipinski definition) is 0. The van der Waals surface area contributed by atoms with Crippen LogP contribution in [0.15, 0.2) is 48.5 Å². The lowest BCUT2D eigenvalue weighted by molar-refractivity contribution is -0.0568. The average Bonchev–Trinajstić information content (AvgIpc) is 3.04. The smallest absolute Gasteiger partial charge is 0.409 e. The normalized spacial score (nSPS) is 23.9. The molecule has 1 unspecified atom stereocenters. The van der Waals surface area contributed by atoms with Crippen LogP contribution in [0.25, 0.3) is 0 Å². The van der Waals surface area contributed by atoms with Gasteiger partial charge in [0.25, 0.3) is 0 Å². The first-order chi connectivity index (χ1) is 12.6. The number of carbonyl (C=O) groups is 1. The molecule has 5 nitrogen and oxygen atoms in total. The summed E-state index contributed by atoms with van der Waals surface area (Å²) < 4.78 is 17.2. The largest absolute Gasteiger partial charge is 0.489 e. The molecule has 0 N–H and O–H groups in total. The summed E-state index contributed by atoms with van der Waals surface area (Å²) in [5.41, 5.74) is 3.02.